The Labute approximate surface area is 171 Å². The molecule has 0 spiro atoms. The lowest BCUT2D eigenvalue weighted by molar-refractivity contribution is -0.120. The van der Waals surface area contributed by atoms with E-state index in [9.17, 15) is 9.59 Å². The van der Waals surface area contributed by atoms with Gasteiger partial charge in [0.1, 0.15) is 0 Å². The SMILES string of the molecule is CCNC(=O)N1CCc2ccc(NC(=O)C(C)C(N)c3ccccc3)cc21.Cl. The Kier molecular flexibility index (Phi) is 7.43. The molecule has 2 aromatic rings. The van der Waals surface area contributed by atoms with Gasteiger partial charge in [-0.2, -0.15) is 0 Å². The second kappa shape index (κ2) is 9.57. The van der Waals surface area contributed by atoms with Crippen LogP contribution in [0.3, 0.4) is 0 Å². The Bertz CT molecular complexity index is 828. The molecule has 3 rings (SSSR count). The lowest BCUT2D eigenvalue weighted by Crippen LogP contribution is -2.38. The van der Waals surface area contributed by atoms with Gasteiger partial charge in [-0.1, -0.05) is 43.3 Å². The summed E-state index contributed by atoms with van der Waals surface area (Å²) in [4.78, 5) is 26.6. The highest BCUT2D eigenvalue weighted by atomic mass is 35.5. The molecular weight excluding hydrogens is 376 g/mol. The van der Waals surface area contributed by atoms with E-state index in [0.717, 1.165) is 23.2 Å². The lowest BCUT2D eigenvalue weighted by Gasteiger charge is -2.21. The number of rotatable bonds is 5. The number of carbonyl (C=O) groups is 2. The van der Waals surface area contributed by atoms with Crippen LogP contribution in [0.2, 0.25) is 0 Å². The smallest absolute Gasteiger partial charge is 0.321 e. The van der Waals surface area contributed by atoms with Crippen LogP contribution in [0.5, 0.6) is 0 Å². The van der Waals surface area contributed by atoms with E-state index in [0.29, 0.717) is 18.8 Å². The molecule has 7 heteroatoms. The fourth-order valence-corrected chi connectivity index (χ4v) is 3.30. The molecule has 0 bridgehead atoms. The van der Waals surface area contributed by atoms with Crippen molar-refractivity contribution in [3.63, 3.8) is 0 Å². The van der Waals surface area contributed by atoms with Crippen molar-refractivity contribution in [2.45, 2.75) is 26.3 Å². The number of nitrogens with two attached hydrogens (primary N) is 1. The third-order valence-corrected chi connectivity index (χ3v) is 4.96. The molecule has 0 aromatic heterocycles. The number of nitrogens with one attached hydrogen (secondary N) is 2. The zero-order valence-corrected chi connectivity index (χ0v) is 17.0. The molecule has 0 saturated carbocycles. The van der Waals surface area contributed by atoms with Gasteiger partial charge in [-0.25, -0.2) is 4.79 Å². The van der Waals surface area contributed by atoms with Gasteiger partial charge in [0, 0.05) is 24.8 Å². The fourth-order valence-electron chi connectivity index (χ4n) is 3.30. The summed E-state index contributed by atoms with van der Waals surface area (Å²) < 4.78 is 0. The molecule has 3 amide bonds. The first-order valence-electron chi connectivity index (χ1n) is 9.31. The summed E-state index contributed by atoms with van der Waals surface area (Å²) in [6, 6.07) is 14.8. The van der Waals surface area contributed by atoms with Crippen LogP contribution in [0.4, 0.5) is 16.2 Å². The molecule has 28 heavy (non-hydrogen) atoms. The number of benzene rings is 2. The molecule has 150 valence electrons. The van der Waals surface area contributed by atoms with E-state index in [4.69, 9.17) is 5.73 Å². The minimum absolute atomic E-state index is 0. The quantitative estimate of drug-likeness (QED) is 0.715. The third kappa shape index (κ3) is 4.64. The first-order valence-corrected chi connectivity index (χ1v) is 9.31. The van der Waals surface area contributed by atoms with Crippen LogP contribution in [-0.2, 0) is 11.2 Å². The summed E-state index contributed by atoms with van der Waals surface area (Å²) >= 11 is 0. The molecule has 0 radical (unpaired) electrons. The molecule has 1 heterocycles. The first-order chi connectivity index (χ1) is 13.0. The Balaban J connectivity index is 0.00000280. The van der Waals surface area contributed by atoms with Crippen LogP contribution < -0.4 is 21.3 Å². The summed E-state index contributed by atoms with van der Waals surface area (Å²) in [5, 5.41) is 5.76. The molecule has 1 aliphatic heterocycles. The van der Waals surface area contributed by atoms with Crippen molar-refractivity contribution in [1.29, 1.82) is 0 Å². The zero-order valence-electron chi connectivity index (χ0n) is 16.1. The number of hydrogen-bond donors (Lipinski definition) is 3. The second-order valence-corrected chi connectivity index (χ2v) is 6.80. The largest absolute Gasteiger partial charge is 0.338 e. The minimum Gasteiger partial charge on any atom is -0.338 e. The van der Waals surface area contributed by atoms with Crippen LogP contribution >= 0.6 is 12.4 Å². The molecule has 1 aliphatic rings. The average Bonchev–Trinajstić information content (AvgIpc) is 3.11. The minimum atomic E-state index is -0.389. The summed E-state index contributed by atoms with van der Waals surface area (Å²) in [5.74, 6) is -0.533. The van der Waals surface area contributed by atoms with Crippen molar-refractivity contribution in [2.24, 2.45) is 11.7 Å². The lowest BCUT2D eigenvalue weighted by atomic mass is 9.94. The second-order valence-electron chi connectivity index (χ2n) is 6.80. The number of nitrogens with zero attached hydrogens (tertiary/aromatic N) is 1. The van der Waals surface area contributed by atoms with Crippen molar-refractivity contribution < 1.29 is 9.59 Å². The van der Waals surface area contributed by atoms with Gasteiger partial charge >= 0.3 is 6.03 Å². The Morgan fingerprint density at radius 2 is 1.89 bits per heavy atom. The van der Waals surface area contributed by atoms with E-state index in [1.807, 2.05) is 62.4 Å². The van der Waals surface area contributed by atoms with E-state index in [1.165, 1.54) is 0 Å². The van der Waals surface area contributed by atoms with Crippen LogP contribution in [0.15, 0.2) is 48.5 Å². The zero-order chi connectivity index (χ0) is 19.4. The number of hydrogen-bond acceptors (Lipinski definition) is 3. The van der Waals surface area contributed by atoms with E-state index in [-0.39, 0.29) is 36.3 Å². The van der Waals surface area contributed by atoms with E-state index >= 15 is 0 Å². The number of urea groups is 1. The topological polar surface area (TPSA) is 87.5 Å². The number of halogens is 1. The van der Waals surface area contributed by atoms with Gasteiger partial charge in [-0.05, 0) is 36.6 Å². The van der Waals surface area contributed by atoms with Gasteiger partial charge in [0.15, 0.2) is 0 Å². The predicted molar refractivity (Wildman–Crippen MR) is 115 cm³/mol. The van der Waals surface area contributed by atoms with E-state index in [2.05, 4.69) is 10.6 Å². The van der Waals surface area contributed by atoms with Gasteiger partial charge in [-0.15, -0.1) is 12.4 Å². The highest BCUT2D eigenvalue weighted by Crippen LogP contribution is 2.31. The monoisotopic (exact) mass is 402 g/mol. The summed E-state index contributed by atoms with van der Waals surface area (Å²) in [6.45, 7) is 4.94. The van der Waals surface area contributed by atoms with Gasteiger partial charge in [0.25, 0.3) is 0 Å². The molecule has 2 atom stereocenters. The maximum atomic E-state index is 12.7. The summed E-state index contributed by atoms with van der Waals surface area (Å²) in [7, 11) is 0. The normalized spacial score (nSPS) is 14.5. The Morgan fingerprint density at radius 1 is 1.18 bits per heavy atom. The van der Waals surface area contributed by atoms with Gasteiger partial charge in [-0.3, -0.25) is 9.69 Å². The highest BCUT2D eigenvalue weighted by Gasteiger charge is 2.26. The maximum absolute atomic E-state index is 12.7. The number of anilines is 2. The molecular formula is C21H27ClN4O2. The highest BCUT2D eigenvalue weighted by molar-refractivity contribution is 5.97. The van der Waals surface area contributed by atoms with Crippen LogP contribution in [0.1, 0.15) is 31.0 Å². The molecule has 0 fully saturated rings. The molecule has 4 N–H and O–H groups in total. The summed E-state index contributed by atoms with van der Waals surface area (Å²) in [6.07, 6.45) is 0.815. The molecule has 0 saturated heterocycles. The number of fused-ring (bicyclic) bond motifs is 1. The van der Waals surface area contributed by atoms with E-state index in [1.54, 1.807) is 4.90 Å². The predicted octanol–water partition coefficient (Wildman–Crippen LogP) is 3.48. The fraction of sp³-hybridized carbons (Fsp3) is 0.333. The summed E-state index contributed by atoms with van der Waals surface area (Å²) in [5.41, 5.74) is 9.80. The molecule has 2 unspecified atom stereocenters. The molecule has 2 aromatic carbocycles. The van der Waals surface area contributed by atoms with Gasteiger partial charge in [0.05, 0.1) is 11.6 Å². The van der Waals surface area contributed by atoms with Gasteiger partial charge in [0.2, 0.25) is 5.91 Å². The number of amides is 3. The standard InChI is InChI=1S/C21H26N4O2.ClH/c1-3-23-21(27)25-12-11-15-9-10-17(13-18(15)25)24-20(26)14(2)19(22)16-7-5-4-6-8-16;/h4-10,13-14,19H,3,11-12,22H2,1-2H3,(H,23,27)(H,24,26);1H. The number of carbonyl (C=O) groups excluding carboxylic acids is 2. The van der Waals surface area contributed by atoms with E-state index < -0.39 is 0 Å². The van der Waals surface area contributed by atoms with Crippen molar-refractivity contribution in [3.8, 4) is 0 Å². The van der Waals surface area contributed by atoms with Crippen molar-refractivity contribution >= 4 is 35.7 Å². The van der Waals surface area contributed by atoms with Crippen LogP contribution in [-0.4, -0.2) is 25.0 Å². The Hall–Kier alpha value is -2.57. The van der Waals surface area contributed by atoms with Crippen LogP contribution in [0, 0.1) is 5.92 Å². The first kappa shape index (κ1) is 21.7. The van der Waals surface area contributed by atoms with Gasteiger partial charge < -0.3 is 16.4 Å². The molecule has 0 aliphatic carbocycles. The van der Waals surface area contributed by atoms with Crippen molar-refractivity contribution in [2.75, 3.05) is 23.3 Å². The maximum Gasteiger partial charge on any atom is 0.321 e. The van der Waals surface area contributed by atoms with Crippen LogP contribution in [0.25, 0.3) is 0 Å². The average molecular weight is 403 g/mol. The Morgan fingerprint density at radius 3 is 2.57 bits per heavy atom. The molecule has 6 nitrogen and oxygen atoms in total. The van der Waals surface area contributed by atoms with Crippen molar-refractivity contribution in [3.05, 3.63) is 59.7 Å². The van der Waals surface area contributed by atoms with Crippen molar-refractivity contribution in [1.82, 2.24) is 5.32 Å². The third-order valence-electron chi connectivity index (χ3n) is 4.96.